The van der Waals surface area contributed by atoms with E-state index in [0.717, 1.165) is 0 Å². The highest BCUT2D eigenvalue weighted by Gasteiger charge is 2.23. The number of imidazole rings is 1. The number of para-hydroxylation sites is 2. The molecule has 2 aromatic rings. The first-order valence-electron chi connectivity index (χ1n) is 7.12. The number of aromatic nitrogens is 2. The molecule has 22 heavy (non-hydrogen) atoms. The number of hydrogen-bond donors (Lipinski definition) is 2. The van der Waals surface area contributed by atoms with Gasteiger partial charge in [-0.2, -0.15) is 0 Å². The van der Waals surface area contributed by atoms with E-state index in [1.54, 1.807) is 31.2 Å². The number of aromatic amines is 1. The van der Waals surface area contributed by atoms with Crippen LogP contribution in [0.5, 0.6) is 0 Å². The minimum atomic E-state index is -1.07. The molecule has 0 fully saturated rings. The molecule has 0 saturated carbocycles. The zero-order chi connectivity index (χ0) is 16.3. The number of rotatable bonds is 6. The predicted octanol–water partition coefficient (Wildman–Crippen LogP) is 1.04. The van der Waals surface area contributed by atoms with E-state index in [2.05, 4.69) is 4.98 Å². The first-order chi connectivity index (χ1) is 10.4. The summed E-state index contributed by atoms with van der Waals surface area (Å²) in [4.78, 5) is 39.3. The number of nitrogens with zero attached hydrogens (tertiary/aromatic N) is 2. The van der Waals surface area contributed by atoms with Crippen LogP contribution in [0.2, 0.25) is 0 Å². The van der Waals surface area contributed by atoms with Gasteiger partial charge in [-0.25, -0.2) is 4.79 Å². The lowest BCUT2D eigenvalue weighted by Gasteiger charge is -2.27. The van der Waals surface area contributed by atoms with Gasteiger partial charge in [0, 0.05) is 6.04 Å². The molecule has 0 saturated heterocycles. The molecule has 0 aliphatic heterocycles. The number of nitrogens with one attached hydrogen (secondary N) is 1. The van der Waals surface area contributed by atoms with E-state index < -0.39 is 5.97 Å². The maximum atomic E-state index is 12.4. The van der Waals surface area contributed by atoms with E-state index in [-0.39, 0.29) is 30.7 Å². The van der Waals surface area contributed by atoms with Gasteiger partial charge < -0.3 is 15.0 Å². The van der Waals surface area contributed by atoms with Gasteiger partial charge in [-0.3, -0.25) is 14.2 Å². The highest BCUT2D eigenvalue weighted by Crippen LogP contribution is 2.11. The SMILES string of the molecule is CCC(C)N(CC(=O)O)C(=O)Cn1c(=O)[nH]c2ccccc21. The smallest absolute Gasteiger partial charge is 0.326 e. The largest absolute Gasteiger partial charge is 0.480 e. The number of carboxylic acid groups (broad SMARTS) is 1. The second-order valence-electron chi connectivity index (χ2n) is 5.21. The summed E-state index contributed by atoms with van der Waals surface area (Å²) in [5.41, 5.74) is 0.892. The van der Waals surface area contributed by atoms with Gasteiger partial charge in [0.15, 0.2) is 0 Å². The molecule has 1 aromatic heterocycles. The third-order valence-electron chi connectivity index (χ3n) is 3.72. The zero-order valence-corrected chi connectivity index (χ0v) is 12.6. The molecule has 0 spiro atoms. The van der Waals surface area contributed by atoms with Crippen molar-refractivity contribution in [3.05, 3.63) is 34.7 Å². The Hall–Kier alpha value is -2.57. The lowest BCUT2D eigenvalue weighted by molar-refractivity contribution is -0.146. The van der Waals surface area contributed by atoms with Crippen LogP contribution in [0.1, 0.15) is 20.3 Å². The summed E-state index contributed by atoms with van der Waals surface area (Å²) in [5.74, 6) is -1.46. The molecule has 7 heteroatoms. The Kier molecular flexibility index (Phi) is 4.65. The Labute approximate surface area is 127 Å². The number of carbonyl (C=O) groups is 2. The van der Waals surface area contributed by atoms with Gasteiger partial charge in [-0.05, 0) is 25.5 Å². The topological polar surface area (TPSA) is 95.4 Å². The lowest BCUT2D eigenvalue weighted by atomic mass is 10.2. The number of fused-ring (bicyclic) bond motifs is 1. The van der Waals surface area contributed by atoms with Crippen molar-refractivity contribution in [3.8, 4) is 0 Å². The molecule has 1 heterocycles. The van der Waals surface area contributed by atoms with Gasteiger partial charge >= 0.3 is 11.7 Å². The monoisotopic (exact) mass is 305 g/mol. The molecular formula is C15H19N3O4. The predicted molar refractivity (Wildman–Crippen MR) is 81.7 cm³/mol. The summed E-state index contributed by atoms with van der Waals surface area (Å²) in [6.07, 6.45) is 0.641. The Morgan fingerprint density at radius 2 is 2.05 bits per heavy atom. The summed E-state index contributed by atoms with van der Waals surface area (Å²) in [7, 11) is 0. The molecule has 1 atom stereocenters. The van der Waals surface area contributed by atoms with Crippen LogP contribution in [-0.4, -0.2) is 44.0 Å². The molecule has 118 valence electrons. The molecule has 2 rings (SSSR count). The second-order valence-corrected chi connectivity index (χ2v) is 5.21. The third kappa shape index (κ3) is 3.19. The van der Waals surface area contributed by atoms with Gasteiger partial charge in [-0.1, -0.05) is 19.1 Å². The van der Waals surface area contributed by atoms with Crippen molar-refractivity contribution in [2.24, 2.45) is 0 Å². The Bertz CT molecular complexity index is 747. The first-order valence-corrected chi connectivity index (χ1v) is 7.12. The first kappa shape index (κ1) is 15.8. The van der Waals surface area contributed by atoms with Crippen molar-refractivity contribution in [2.45, 2.75) is 32.9 Å². The maximum Gasteiger partial charge on any atom is 0.326 e. The lowest BCUT2D eigenvalue weighted by Crippen LogP contribution is -2.44. The third-order valence-corrected chi connectivity index (χ3v) is 3.72. The van der Waals surface area contributed by atoms with E-state index in [1.165, 1.54) is 9.47 Å². The van der Waals surface area contributed by atoms with Crippen molar-refractivity contribution in [3.63, 3.8) is 0 Å². The van der Waals surface area contributed by atoms with Crippen LogP contribution in [0.15, 0.2) is 29.1 Å². The van der Waals surface area contributed by atoms with Gasteiger partial charge in [0.05, 0.1) is 11.0 Å². The molecule has 0 radical (unpaired) electrons. The highest BCUT2D eigenvalue weighted by molar-refractivity contribution is 5.83. The Morgan fingerprint density at radius 3 is 2.68 bits per heavy atom. The van der Waals surface area contributed by atoms with Crippen LogP contribution in [0.3, 0.4) is 0 Å². The fraction of sp³-hybridized carbons (Fsp3) is 0.400. The molecule has 2 N–H and O–H groups in total. The number of carbonyl (C=O) groups excluding carboxylic acids is 1. The minimum Gasteiger partial charge on any atom is -0.480 e. The van der Waals surface area contributed by atoms with Crippen molar-refractivity contribution in [1.29, 1.82) is 0 Å². The van der Waals surface area contributed by atoms with Crippen molar-refractivity contribution < 1.29 is 14.7 Å². The average Bonchev–Trinajstić information content (AvgIpc) is 2.80. The van der Waals surface area contributed by atoms with Crippen molar-refractivity contribution in [1.82, 2.24) is 14.5 Å². The van der Waals surface area contributed by atoms with Gasteiger partial charge in [0.2, 0.25) is 5.91 Å². The standard InChI is InChI=1S/C15H19N3O4/c1-3-10(2)17(9-14(20)21)13(19)8-18-12-7-5-4-6-11(12)16-15(18)22/h4-7,10H,3,8-9H2,1-2H3,(H,16,22)(H,20,21). The minimum absolute atomic E-state index is 0.180. The Morgan fingerprint density at radius 1 is 1.36 bits per heavy atom. The average molecular weight is 305 g/mol. The van der Waals surface area contributed by atoms with E-state index >= 15 is 0 Å². The van der Waals surface area contributed by atoms with Crippen LogP contribution in [0.25, 0.3) is 11.0 Å². The molecule has 7 nitrogen and oxygen atoms in total. The van der Waals surface area contributed by atoms with Crippen LogP contribution < -0.4 is 5.69 Å². The number of H-pyrrole nitrogens is 1. The maximum absolute atomic E-state index is 12.4. The number of benzene rings is 1. The van der Waals surface area contributed by atoms with Gasteiger partial charge in [0.25, 0.3) is 0 Å². The van der Waals surface area contributed by atoms with E-state index in [1.807, 2.05) is 6.92 Å². The summed E-state index contributed by atoms with van der Waals surface area (Å²) < 4.78 is 1.33. The molecule has 0 aliphatic carbocycles. The van der Waals surface area contributed by atoms with E-state index in [4.69, 9.17) is 5.11 Å². The van der Waals surface area contributed by atoms with E-state index in [0.29, 0.717) is 17.5 Å². The van der Waals surface area contributed by atoms with Crippen molar-refractivity contribution in [2.75, 3.05) is 6.54 Å². The quantitative estimate of drug-likeness (QED) is 0.833. The summed E-state index contributed by atoms with van der Waals surface area (Å²) >= 11 is 0. The zero-order valence-electron chi connectivity index (χ0n) is 12.6. The second kappa shape index (κ2) is 6.46. The van der Waals surface area contributed by atoms with Crippen molar-refractivity contribution >= 4 is 22.9 Å². The number of hydrogen-bond acceptors (Lipinski definition) is 3. The molecule has 0 aliphatic rings. The van der Waals surface area contributed by atoms with Crippen LogP contribution in [-0.2, 0) is 16.1 Å². The number of aliphatic carboxylic acids is 1. The van der Waals surface area contributed by atoms with Gasteiger partial charge in [-0.15, -0.1) is 0 Å². The van der Waals surface area contributed by atoms with E-state index in [9.17, 15) is 14.4 Å². The van der Waals surface area contributed by atoms with Crippen LogP contribution in [0, 0.1) is 0 Å². The fourth-order valence-electron chi connectivity index (χ4n) is 2.35. The summed E-state index contributed by atoms with van der Waals surface area (Å²) in [6.45, 7) is 3.12. The normalized spacial score (nSPS) is 12.3. The Balaban J connectivity index is 2.30. The summed E-state index contributed by atoms with van der Waals surface area (Å²) in [5, 5.41) is 8.96. The van der Waals surface area contributed by atoms with Crippen LogP contribution >= 0.6 is 0 Å². The van der Waals surface area contributed by atoms with Gasteiger partial charge in [0.1, 0.15) is 13.1 Å². The molecule has 1 amide bonds. The highest BCUT2D eigenvalue weighted by atomic mass is 16.4. The number of carboxylic acids is 1. The number of amides is 1. The molecular weight excluding hydrogens is 286 g/mol. The molecule has 0 bridgehead atoms. The molecule has 1 aromatic carbocycles. The van der Waals surface area contributed by atoms with Crippen LogP contribution in [0.4, 0.5) is 0 Å². The summed E-state index contributed by atoms with van der Waals surface area (Å²) in [6, 6.07) is 6.86. The fourth-order valence-corrected chi connectivity index (χ4v) is 2.35. The molecule has 1 unspecified atom stereocenters.